The fraction of sp³-hybridized carbons (Fsp3) is 0.750. The van der Waals surface area contributed by atoms with E-state index in [9.17, 15) is 14.9 Å². The second-order valence-corrected chi connectivity index (χ2v) is 14.8. The van der Waals surface area contributed by atoms with E-state index >= 15 is 4.57 Å². The van der Waals surface area contributed by atoms with Crippen LogP contribution >= 0.6 is 7.60 Å². The number of amides is 1. The van der Waals surface area contributed by atoms with Crippen molar-refractivity contribution >= 4 is 13.7 Å². The Hall–Kier alpha value is -1.96. The number of benzene rings is 1. The van der Waals surface area contributed by atoms with E-state index in [2.05, 4.69) is 5.32 Å². The summed E-state index contributed by atoms with van der Waals surface area (Å²) >= 11 is 0. The minimum absolute atomic E-state index is 0.103. The van der Waals surface area contributed by atoms with Gasteiger partial charge >= 0.3 is 19.0 Å². The smallest absolute Gasteiger partial charge is 0.409 e. The lowest BCUT2D eigenvalue weighted by Gasteiger charge is -2.41. The van der Waals surface area contributed by atoms with Gasteiger partial charge in [0.25, 0.3) is 0 Å². The zero-order valence-electron chi connectivity index (χ0n) is 25.2. The van der Waals surface area contributed by atoms with E-state index in [0.717, 1.165) is 0 Å². The van der Waals surface area contributed by atoms with Gasteiger partial charge in [0.05, 0.1) is 12.2 Å². The Kier molecular flexibility index (Phi) is 12.0. The van der Waals surface area contributed by atoms with Crippen LogP contribution < -0.4 is 5.32 Å². The first-order valence-electron chi connectivity index (χ1n) is 13.4. The molecule has 10 heteroatoms. The molecule has 0 aliphatic heterocycles. The lowest BCUT2D eigenvalue weighted by Crippen LogP contribution is -2.52. The fourth-order valence-corrected chi connectivity index (χ4v) is 7.38. The maximum Gasteiger partial charge on any atom is 0.409 e. The summed E-state index contributed by atoms with van der Waals surface area (Å²) in [5.41, 5.74) is -0.477. The summed E-state index contributed by atoms with van der Waals surface area (Å²) in [4.78, 5) is 25.4. The molecule has 1 N–H and O–H groups in total. The standard InChI is InChI=1S/C28H49N2O7P/c1-18(2)23(19(3)4)36-38(34,37-24(20(5)6)21(7)8)28(12,30(32)33)25(22-16-14-13-15-17-22)29-26(31)35-27(9,10)11/h13-21,23-25H,1-12H3,(H,29,31)/t25-,28+/m1/s1. The van der Waals surface area contributed by atoms with Crippen molar-refractivity contribution in [2.45, 2.75) is 112 Å². The van der Waals surface area contributed by atoms with Crippen LogP contribution in [0, 0.1) is 33.8 Å². The summed E-state index contributed by atoms with van der Waals surface area (Å²) < 4.78 is 33.2. The van der Waals surface area contributed by atoms with Gasteiger partial charge in [-0.1, -0.05) is 85.7 Å². The molecule has 0 radical (unpaired) electrons. The maximum absolute atomic E-state index is 15.1. The van der Waals surface area contributed by atoms with Gasteiger partial charge in [0.2, 0.25) is 0 Å². The lowest BCUT2D eigenvalue weighted by atomic mass is 9.97. The Morgan fingerprint density at radius 1 is 0.842 bits per heavy atom. The number of nitrogens with one attached hydrogen (secondary N) is 1. The highest BCUT2D eigenvalue weighted by Crippen LogP contribution is 2.67. The summed E-state index contributed by atoms with van der Waals surface area (Å²) in [6.45, 7) is 21.6. The Morgan fingerprint density at radius 2 is 1.24 bits per heavy atom. The predicted molar refractivity (Wildman–Crippen MR) is 151 cm³/mol. The maximum atomic E-state index is 15.1. The normalized spacial score (nSPS) is 15.4. The number of nitrogens with zero attached hydrogens (tertiary/aromatic N) is 1. The van der Waals surface area contributed by atoms with Crippen LogP contribution in [0.1, 0.15) is 94.7 Å². The molecular weight excluding hydrogens is 507 g/mol. The Morgan fingerprint density at radius 3 is 1.55 bits per heavy atom. The third-order valence-corrected chi connectivity index (χ3v) is 8.99. The highest BCUT2D eigenvalue weighted by Gasteiger charge is 2.66. The molecule has 0 aliphatic carbocycles. The average molecular weight is 557 g/mol. The van der Waals surface area contributed by atoms with Crippen molar-refractivity contribution in [1.82, 2.24) is 5.32 Å². The molecule has 1 aromatic rings. The van der Waals surface area contributed by atoms with Gasteiger partial charge < -0.3 is 10.1 Å². The molecule has 1 amide bonds. The van der Waals surface area contributed by atoms with E-state index in [1.165, 1.54) is 6.92 Å². The van der Waals surface area contributed by atoms with Crippen molar-refractivity contribution in [2.24, 2.45) is 23.7 Å². The van der Waals surface area contributed by atoms with Gasteiger partial charge in [-0.15, -0.1) is 0 Å². The zero-order chi connectivity index (χ0) is 29.6. The predicted octanol–water partition coefficient (Wildman–Crippen LogP) is 7.83. The number of nitro groups is 1. The number of carbonyl (C=O) groups is 1. The highest BCUT2D eigenvalue weighted by molar-refractivity contribution is 7.55. The molecule has 9 nitrogen and oxygen atoms in total. The van der Waals surface area contributed by atoms with Crippen LogP contribution in [0.5, 0.6) is 0 Å². The van der Waals surface area contributed by atoms with Gasteiger partial charge in [0.15, 0.2) is 0 Å². The van der Waals surface area contributed by atoms with Gasteiger partial charge in [0.1, 0.15) is 11.6 Å². The van der Waals surface area contributed by atoms with Crippen molar-refractivity contribution in [3.05, 3.63) is 46.0 Å². The Bertz CT molecular complexity index is 918. The summed E-state index contributed by atoms with van der Waals surface area (Å²) in [6, 6.07) is 7.03. The number of carbonyl (C=O) groups excluding carboxylic acids is 1. The molecule has 218 valence electrons. The van der Waals surface area contributed by atoms with Crippen LogP contribution in [0.25, 0.3) is 0 Å². The van der Waals surface area contributed by atoms with Crippen LogP contribution in [0.2, 0.25) is 0 Å². The summed E-state index contributed by atoms with van der Waals surface area (Å²) in [7, 11) is -4.62. The number of alkyl carbamates (subject to hydrolysis) is 1. The second kappa shape index (κ2) is 13.4. The van der Waals surface area contributed by atoms with Crippen molar-refractivity contribution in [3.63, 3.8) is 0 Å². The van der Waals surface area contributed by atoms with E-state index in [1.54, 1.807) is 51.1 Å². The van der Waals surface area contributed by atoms with E-state index in [-0.39, 0.29) is 23.7 Å². The first-order chi connectivity index (χ1) is 17.3. The molecule has 0 fully saturated rings. The van der Waals surface area contributed by atoms with E-state index in [0.29, 0.717) is 5.56 Å². The SMILES string of the molecule is CC(C)C(OP(=O)(OC(C(C)C)C(C)C)[C@@](C)([C@H](NC(=O)OC(C)(C)C)c1ccccc1)[N+](=O)[O-])C(C)C. The molecule has 0 saturated carbocycles. The van der Waals surface area contributed by atoms with Gasteiger partial charge in [-0.2, -0.15) is 0 Å². The van der Waals surface area contributed by atoms with E-state index < -0.39 is 47.7 Å². The minimum atomic E-state index is -4.62. The van der Waals surface area contributed by atoms with Crippen molar-refractivity contribution < 1.29 is 28.1 Å². The van der Waals surface area contributed by atoms with Crippen LogP contribution in [0.4, 0.5) is 4.79 Å². The summed E-state index contributed by atoms with van der Waals surface area (Å²) in [5, 5.41) is 13.3. The van der Waals surface area contributed by atoms with Gasteiger partial charge in [-0.25, -0.2) is 4.79 Å². The minimum Gasteiger partial charge on any atom is -0.444 e. The molecule has 0 bridgehead atoms. The fourth-order valence-electron chi connectivity index (χ4n) is 4.56. The quantitative estimate of drug-likeness (QED) is 0.149. The molecule has 0 saturated heterocycles. The van der Waals surface area contributed by atoms with Crippen molar-refractivity contribution in [3.8, 4) is 0 Å². The summed E-state index contributed by atoms with van der Waals surface area (Å²) in [6.07, 6.45) is -2.07. The van der Waals surface area contributed by atoms with Crippen LogP contribution in [-0.2, 0) is 18.3 Å². The van der Waals surface area contributed by atoms with E-state index in [4.69, 9.17) is 13.8 Å². The number of hydrogen-bond acceptors (Lipinski definition) is 7. The van der Waals surface area contributed by atoms with Gasteiger partial charge in [-0.05, 0) is 50.0 Å². The average Bonchev–Trinajstić information content (AvgIpc) is 2.77. The second-order valence-electron chi connectivity index (χ2n) is 12.5. The van der Waals surface area contributed by atoms with Crippen LogP contribution in [0.3, 0.4) is 0 Å². The largest absolute Gasteiger partial charge is 0.444 e. The number of ether oxygens (including phenoxy) is 1. The molecule has 0 aliphatic rings. The first-order valence-corrected chi connectivity index (χ1v) is 15.0. The Balaban J connectivity index is 3.94. The molecule has 0 unspecified atom stereocenters. The van der Waals surface area contributed by atoms with E-state index in [1.807, 2.05) is 55.4 Å². The lowest BCUT2D eigenvalue weighted by molar-refractivity contribution is -0.546. The molecular formula is C28H49N2O7P. The highest BCUT2D eigenvalue weighted by atomic mass is 31.2. The third-order valence-electron chi connectivity index (χ3n) is 6.41. The molecule has 2 atom stereocenters. The Labute approximate surface area is 229 Å². The topological polar surface area (TPSA) is 117 Å². The van der Waals surface area contributed by atoms with Crippen LogP contribution in [0.15, 0.2) is 30.3 Å². The third kappa shape index (κ3) is 8.52. The van der Waals surface area contributed by atoms with Crippen LogP contribution in [-0.4, -0.2) is 34.1 Å². The number of rotatable bonds is 13. The number of hydrogen-bond donors (Lipinski definition) is 1. The molecule has 0 aromatic heterocycles. The van der Waals surface area contributed by atoms with Crippen molar-refractivity contribution in [2.75, 3.05) is 0 Å². The molecule has 1 aromatic carbocycles. The molecule has 1 rings (SSSR count). The molecule has 0 spiro atoms. The monoisotopic (exact) mass is 556 g/mol. The molecule has 0 heterocycles. The van der Waals surface area contributed by atoms with Gasteiger partial charge in [-0.3, -0.25) is 23.7 Å². The first kappa shape index (κ1) is 34.1. The van der Waals surface area contributed by atoms with Crippen molar-refractivity contribution in [1.29, 1.82) is 0 Å². The van der Waals surface area contributed by atoms with Gasteiger partial charge in [0, 0.05) is 11.8 Å². The molecule has 38 heavy (non-hydrogen) atoms. The zero-order valence-corrected chi connectivity index (χ0v) is 26.1. The summed E-state index contributed by atoms with van der Waals surface area (Å²) in [5.74, 6) is -0.413.